The topological polar surface area (TPSA) is 73.0 Å². The molecular weight excluding hydrogens is 314 g/mol. The molecule has 2 aliphatic heterocycles. The fraction of sp³-hybridized carbons (Fsp3) is 0.750. The molecule has 2 unspecified atom stereocenters. The third-order valence-corrected chi connectivity index (χ3v) is 4.96. The van der Waals surface area contributed by atoms with Gasteiger partial charge in [-0.2, -0.15) is 5.10 Å². The molecule has 3 heterocycles. The molecule has 0 spiro atoms. The van der Waals surface area contributed by atoms with Gasteiger partial charge in [-0.05, 0) is 37.8 Å². The molecule has 1 amide bonds. The maximum Gasteiger partial charge on any atom is 0.221 e. The number of amides is 1. The first-order chi connectivity index (χ1) is 10.6. The van der Waals surface area contributed by atoms with E-state index in [-0.39, 0.29) is 18.3 Å². The molecule has 3 N–H and O–H groups in total. The van der Waals surface area contributed by atoms with E-state index in [4.69, 9.17) is 0 Å². The van der Waals surface area contributed by atoms with E-state index >= 15 is 0 Å². The maximum atomic E-state index is 11.3. The summed E-state index contributed by atoms with van der Waals surface area (Å²) in [4.78, 5) is 13.9. The number of rotatable bonds is 4. The molecule has 2 fully saturated rings. The summed E-state index contributed by atoms with van der Waals surface area (Å²) in [5, 5.41) is 13.6. The molecule has 0 bridgehead atoms. The second-order valence-electron chi connectivity index (χ2n) is 7.19. The molecule has 0 radical (unpaired) electrons. The first kappa shape index (κ1) is 18.2. The lowest BCUT2D eigenvalue weighted by Crippen LogP contribution is -2.42. The van der Waals surface area contributed by atoms with Gasteiger partial charge in [0.25, 0.3) is 0 Å². The summed E-state index contributed by atoms with van der Waals surface area (Å²) in [5.41, 5.74) is 2.32. The Bertz CT molecular complexity index is 526. The van der Waals surface area contributed by atoms with Gasteiger partial charge in [-0.25, -0.2) is 0 Å². The number of hydrogen-bond acceptors (Lipinski definition) is 4. The number of aromatic nitrogens is 2. The van der Waals surface area contributed by atoms with Gasteiger partial charge in [0.1, 0.15) is 0 Å². The van der Waals surface area contributed by atoms with Crippen LogP contribution in [0, 0.1) is 5.41 Å². The van der Waals surface area contributed by atoms with E-state index in [9.17, 15) is 4.79 Å². The molecule has 23 heavy (non-hydrogen) atoms. The number of H-pyrrole nitrogens is 1. The van der Waals surface area contributed by atoms with E-state index in [1.54, 1.807) is 6.20 Å². The van der Waals surface area contributed by atoms with Crippen molar-refractivity contribution in [3.63, 3.8) is 0 Å². The predicted octanol–water partition coefficient (Wildman–Crippen LogP) is 1.97. The summed E-state index contributed by atoms with van der Waals surface area (Å²) in [5.74, 6) is 0.385. The van der Waals surface area contributed by atoms with Crippen LogP contribution in [-0.2, 0) is 4.79 Å². The maximum absolute atomic E-state index is 11.3. The molecule has 1 aromatic heterocycles. The Hall–Kier alpha value is -1.11. The van der Waals surface area contributed by atoms with E-state index in [1.807, 2.05) is 0 Å². The van der Waals surface area contributed by atoms with Crippen molar-refractivity contribution in [1.82, 2.24) is 20.4 Å². The molecule has 1 aromatic rings. The number of halogens is 1. The van der Waals surface area contributed by atoms with Gasteiger partial charge in [0, 0.05) is 32.5 Å². The molecule has 0 aromatic carbocycles. The van der Waals surface area contributed by atoms with E-state index in [2.05, 4.69) is 32.7 Å². The van der Waals surface area contributed by atoms with Crippen LogP contribution in [-0.4, -0.2) is 53.7 Å². The summed E-state index contributed by atoms with van der Waals surface area (Å²) >= 11 is 0. The highest BCUT2D eigenvalue weighted by Crippen LogP contribution is 2.33. The lowest BCUT2D eigenvalue weighted by atomic mass is 9.87. The van der Waals surface area contributed by atoms with Crippen molar-refractivity contribution in [3.05, 3.63) is 11.9 Å². The minimum Gasteiger partial charge on any atom is -0.323 e. The quantitative estimate of drug-likeness (QED) is 0.783. The van der Waals surface area contributed by atoms with Crippen LogP contribution in [0.15, 0.2) is 6.20 Å². The zero-order chi connectivity index (χ0) is 15.6. The molecule has 0 saturated carbocycles. The summed E-state index contributed by atoms with van der Waals surface area (Å²) in [7, 11) is 0. The second kappa shape index (κ2) is 7.64. The number of likely N-dealkylation sites (tertiary alicyclic amines) is 1. The molecule has 2 saturated heterocycles. The fourth-order valence-electron chi connectivity index (χ4n) is 3.87. The Morgan fingerprint density at radius 1 is 1.57 bits per heavy atom. The van der Waals surface area contributed by atoms with E-state index < -0.39 is 0 Å². The molecule has 130 valence electrons. The minimum atomic E-state index is -0.0418. The molecule has 2 atom stereocenters. The van der Waals surface area contributed by atoms with Crippen LogP contribution in [0.4, 0.5) is 5.69 Å². The van der Waals surface area contributed by atoms with Gasteiger partial charge in [-0.15, -0.1) is 12.4 Å². The van der Waals surface area contributed by atoms with Crippen LogP contribution >= 0.6 is 12.4 Å². The Morgan fingerprint density at radius 3 is 3.09 bits per heavy atom. The molecule has 6 nitrogen and oxygen atoms in total. The van der Waals surface area contributed by atoms with Crippen LogP contribution in [0.1, 0.15) is 44.7 Å². The van der Waals surface area contributed by atoms with Crippen LogP contribution in [0.3, 0.4) is 0 Å². The number of nitrogens with zero attached hydrogens (tertiary/aromatic N) is 2. The average molecular weight is 342 g/mol. The first-order valence-electron chi connectivity index (χ1n) is 8.30. The summed E-state index contributed by atoms with van der Waals surface area (Å²) in [6, 6.07) is 0. The number of aromatic amines is 1. The average Bonchev–Trinajstić information content (AvgIpc) is 3.08. The van der Waals surface area contributed by atoms with Crippen molar-refractivity contribution in [2.75, 3.05) is 38.0 Å². The van der Waals surface area contributed by atoms with Gasteiger partial charge in [0.05, 0.1) is 17.6 Å². The molecule has 3 rings (SSSR count). The monoisotopic (exact) mass is 341 g/mol. The third-order valence-electron chi connectivity index (χ3n) is 4.96. The van der Waals surface area contributed by atoms with Gasteiger partial charge in [0.2, 0.25) is 5.91 Å². The highest BCUT2D eigenvalue weighted by Gasteiger charge is 2.33. The number of anilines is 1. The van der Waals surface area contributed by atoms with Crippen LogP contribution < -0.4 is 10.6 Å². The summed E-state index contributed by atoms with van der Waals surface area (Å²) in [6.45, 7) is 9.56. The summed E-state index contributed by atoms with van der Waals surface area (Å²) < 4.78 is 0. The fourth-order valence-corrected chi connectivity index (χ4v) is 3.87. The van der Waals surface area contributed by atoms with Crippen LogP contribution in [0.2, 0.25) is 0 Å². The van der Waals surface area contributed by atoms with Crippen molar-refractivity contribution in [2.24, 2.45) is 5.41 Å². The SMILES string of the molecule is CC(=O)Nc1cn[nH]c1C1CCCN(CC2(C)CCNC2)C1.Cl. The normalized spacial score (nSPS) is 28.3. The smallest absolute Gasteiger partial charge is 0.221 e. The minimum absolute atomic E-state index is 0. The highest BCUT2D eigenvalue weighted by atomic mass is 35.5. The Labute approximate surface area is 144 Å². The van der Waals surface area contributed by atoms with Gasteiger partial charge in [0.15, 0.2) is 0 Å². The molecular formula is C16H28ClN5O. The lowest BCUT2D eigenvalue weighted by Gasteiger charge is -2.37. The van der Waals surface area contributed by atoms with E-state index in [0.717, 1.165) is 44.0 Å². The Balaban J connectivity index is 0.00000192. The van der Waals surface area contributed by atoms with Crippen LogP contribution in [0.25, 0.3) is 0 Å². The van der Waals surface area contributed by atoms with Gasteiger partial charge < -0.3 is 15.5 Å². The van der Waals surface area contributed by atoms with Crippen molar-refractivity contribution >= 4 is 24.0 Å². The molecule has 0 aliphatic carbocycles. The third kappa shape index (κ3) is 4.46. The Morgan fingerprint density at radius 2 is 2.39 bits per heavy atom. The number of piperidine rings is 1. The van der Waals surface area contributed by atoms with Crippen LogP contribution in [0.5, 0.6) is 0 Å². The number of nitrogens with one attached hydrogen (secondary N) is 3. The zero-order valence-corrected chi connectivity index (χ0v) is 14.8. The first-order valence-corrected chi connectivity index (χ1v) is 8.30. The number of carbonyl (C=O) groups is 1. The zero-order valence-electron chi connectivity index (χ0n) is 14.0. The van der Waals surface area contributed by atoms with Crippen molar-refractivity contribution in [2.45, 2.75) is 39.0 Å². The Kier molecular flexibility index (Phi) is 6.06. The summed E-state index contributed by atoms with van der Waals surface area (Å²) in [6.07, 6.45) is 5.33. The van der Waals surface area contributed by atoms with Crippen molar-refractivity contribution < 1.29 is 4.79 Å². The largest absolute Gasteiger partial charge is 0.323 e. The standard InChI is InChI=1S/C16H27N5O.ClH/c1-12(22)19-14-8-18-20-15(14)13-4-3-7-21(9-13)11-16(2)5-6-17-10-16;/h8,13,17H,3-7,9-11H2,1-2H3,(H,18,20)(H,19,22);1H. The van der Waals surface area contributed by atoms with Gasteiger partial charge in [-0.1, -0.05) is 6.92 Å². The molecule has 7 heteroatoms. The predicted molar refractivity (Wildman–Crippen MR) is 94.1 cm³/mol. The number of carbonyl (C=O) groups excluding carboxylic acids is 1. The molecule has 2 aliphatic rings. The highest BCUT2D eigenvalue weighted by molar-refractivity contribution is 5.89. The van der Waals surface area contributed by atoms with E-state index in [0.29, 0.717) is 11.3 Å². The van der Waals surface area contributed by atoms with E-state index in [1.165, 1.54) is 26.3 Å². The number of hydrogen-bond donors (Lipinski definition) is 3. The van der Waals surface area contributed by atoms with Crippen molar-refractivity contribution in [1.29, 1.82) is 0 Å². The second-order valence-corrected chi connectivity index (χ2v) is 7.19. The lowest BCUT2D eigenvalue weighted by molar-refractivity contribution is -0.114. The van der Waals surface area contributed by atoms with Gasteiger partial charge >= 0.3 is 0 Å². The van der Waals surface area contributed by atoms with Crippen molar-refractivity contribution in [3.8, 4) is 0 Å². The van der Waals surface area contributed by atoms with Gasteiger partial charge in [-0.3, -0.25) is 9.89 Å².